The number of rotatable bonds is 0. The lowest BCUT2D eigenvalue weighted by Crippen LogP contribution is -1.43. The van der Waals surface area contributed by atoms with Gasteiger partial charge >= 0.3 is 0 Å². The van der Waals surface area contributed by atoms with Gasteiger partial charge in [0.15, 0.2) is 0 Å². The molecule has 0 fully saturated rings. The fourth-order valence-corrected chi connectivity index (χ4v) is 0. The second-order valence-electron chi connectivity index (χ2n) is 0.696. The Labute approximate surface area is 35.2 Å². The minimum atomic E-state index is 0.185. The Hall–Kier alpha value is -0.0400. The third kappa shape index (κ3) is 3.96. The van der Waals surface area contributed by atoms with Crippen molar-refractivity contribution in [3.63, 3.8) is 0 Å². The largest absolute Gasteiger partial charge is 0.214 e. The predicted molar refractivity (Wildman–Crippen MR) is 20.7 cm³/mol. The molecule has 0 aliphatic heterocycles. The van der Waals surface area contributed by atoms with Gasteiger partial charge in [-0.25, -0.2) is 4.39 Å². The van der Waals surface area contributed by atoms with Crippen LogP contribution in [0.3, 0.4) is 0 Å². The lowest BCUT2D eigenvalue weighted by atomic mass is 10.7. The van der Waals surface area contributed by atoms with E-state index in [9.17, 15) is 4.39 Å². The van der Waals surface area contributed by atoms with Crippen LogP contribution < -0.4 is 0 Å². The van der Waals surface area contributed by atoms with Gasteiger partial charge in [0, 0.05) is 5.03 Å². The molecule has 0 aliphatic rings. The van der Waals surface area contributed by atoms with Gasteiger partial charge in [-0.1, -0.05) is 11.6 Å². The number of hydrogen-bond acceptors (Lipinski definition) is 0. The van der Waals surface area contributed by atoms with Crippen LogP contribution in [0.5, 0.6) is 0 Å². The van der Waals surface area contributed by atoms with E-state index in [0.29, 0.717) is 6.33 Å². The lowest BCUT2D eigenvalue weighted by Gasteiger charge is -1.66. The van der Waals surface area contributed by atoms with Crippen LogP contribution in [0.2, 0.25) is 0 Å². The normalized spacial score (nSPS) is 12.2. The van der Waals surface area contributed by atoms with Crippen molar-refractivity contribution in [3.8, 4) is 0 Å². The topological polar surface area (TPSA) is 0 Å². The molecule has 0 nitrogen and oxygen atoms in total. The second-order valence-corrected chi connectivity index (χ2v) is 1.29. The predicted octanol–water partition coefficient (Wildman–Crippen LogP) is 2.06. The Bertz CT molecular complexity index is 44.9. The van der Waals surface area contributed by atoms with Crippen LogP contribution in [0.4, 0.5) is 4.39 Å². The summed E-state index contributed by atoms with van der Waals surface area (Å²) in [6.07, 6.45) is 0.349. The standard InChI is InChI=1S/C3H4ClF/c1-3(4)2-5/h2H,1H3/b3-2+. The van der Waals surface area contributed by atoms with E-state index in [1.54, 1.807) is 0 Å². The summed E-state index contributed by atoms with van der Waals surface area (Å²) in [5, 5.41) is 0.185. The van der Waals surface area contributed by atoms with E-state index < -0.39 is 0 Å². The van der Waals surface area contributed by atoms with Gasteiger partial charge < -0.3 is 0 Å². The molecule has 30 valence electrons. The van der Waals surface area contributed by atoms with Crippen molar-refractivity contribution in [2.45, 2.75) is 6.92 Å². The third-order valence-electron chi connectivity index (χ3n) is 0.150. The van der Waals surface area contributed by atoms with Gasteiger partial charge in [0.2, 0.25) is 0 Å². The highest BCUT2D eigenvalue weighted by atomic mass is 35.5. The average Bonchev–Trinajstić information content (AvgIpc) is 1.38. The first-order valence-electron chi connectivity index (χ1n) is 1.20. The highest BCUT2D eigenvalue weighted by molar-refractivity contribution is 6.29. The molecule has 0 spiro atoms. The molecule has 0 N–H and O–H groups in total. The van der Waals surface area contributed by atoms with Gasteiger partial charge in [-0.05, 0) is 6.92 Å². The van der Waals surface area contributed by atoms with Crippen LogP contribution >= 0.6 is 11.6 Å². The monoisotopic (exact) mass is 94.0 g/mol. The Morgan fingerprint density at radius 2 is 2.20 bits per heavy atom. The molecular formula is C3H4ClF. The third-order valence-corrected chi connectivity index (χ3v) is 0.233. The van der Waals surface area contributed by atoms with Crippen LogP contribution in [-0.4, -0.2) is 0 Å². The molecule has 0 aromatic heterocycles. The molecule has 0 heterocycles. The van der Waals surface area contributed by atoms with E-state index in [-0.39, 0.29) is 5.03 Å². The molecule has 0 saturated carbocycles. The van der Waals surface area contributed by atoms with Crippen LogP contribution in [0.1, 0.15) is 6.92 Å². The highest BCUT2D eigenvalue weighted by Crippen LogP contribution is 1.95. The van der Waals surface area contributed by atoms with E-state index in [1.807, 2.05) is 0 Å². The fourth-order valence-electron chi connectivity index (χ4n) is 0. The van der Waals surface area contributed by atoms with Gasteiger partial charge in [0.25, 0.3) is 0 Å². The minimum Gasteiger partial charge on any atom is -0.214 e. The van der Waals surface area contributed by atoms with E-state index in [0.717, 1.165) is 0 Å². The smallest absolute Gasteiger partial charge is 0.101 e. The van der Waals surface area contributed by atoms with E-state index in [1.165, 1.54) is 6.92 Å². The second kappa shape index (κ2) is 2.21. The SMILES string of the molecule is C/C(Cl)=C\F. The van der Waals surface area contributed by atoms with Crippen molar-refractivity contribution in [1.29, 1.82) is 0 Å². The summed E-state index contributed by atoms with van der Waals surface area (Å²) in [6, 6.07) is 0. The van der Waals surface area contributed by atoms with Crippen molar-refractivity contribution < 1.29 is 4.39 Å². The zero-order valence-corrected chi connectivity index (χ0v) is 3.59. The zero-order valence-electron chi connectivity index (χ0n) is 2.83. The molecule has 0 aliphatic carbocycles. The van der Waals surface area contributed by atoms with Crippen molar-refractivity contribution in [3.05, 3.63) is 11.4 Å². The Balaban J connectivity index is 3.14. The summed E-state index contributed by atoms with van der Waals surface area (Å²) in [6.45, 7) is 1.47. The summed E-state index contributed by atoms with van der Waals surface area (Å²) >= 11 is 4.95. The molecule has 5 heavy (non-hydrogen) atoms. The summed E-state index contributed by atoms with van der Waals surface area (Å²) < 4.78 is 10.8. The Morgan fingerprint density at radius 1 is 2.00 bits per heavy atom. The number of halogens is 2. The average molecular weight is 94.5 g/mol. The number of allylic oxidation sites excluding steroid dienone is 1. The van der Waals surface area contributed by atoms with Crippen molar-refractivity contribution in [1.82, 2.24) is 0 Å². The first kappa shape index (κ1) is 4.96. The van der Waals surface area contributed by atoms with Crippen LogP contribution in [0.15, 0.2) is 11.4 Å². The molecular weight excluding hydrogens is 90.5 g/mol. The van der Waals surface area contributed by atoms with Gasteiger partial charge in [0.1, 0.15) is 6.33 Å². The summed E-state index contributed by atoms with van der Waals surface area (Å²) in [5.41, 5.74) is 0. The van der Waals surface area contributed by atoms with Gasteiger partial charge in [0.05, 0.1) is 0 Å². The van der Waals surface area contributed by atoms with Crippen molar-refractivity contribution in [2.24, 2.45) is 0 Å². The quantitative estimate of drug-likeness (QED) is 0.431. The Kier molecular flexibility index (Phi) is 2.19. The summed E-state index contributed by atoms with van der Waals surface area (Å²) in [5.74, 6) is 0. The van der Waals surface area contributed by atoms with Gasteiger partial charge in [-0.15, -0.1) is 0 Å². The molecule has 0 rings (SSSR count). The minimum absolute atomic E-state index is 0.185. The molecule has 0 atom stereocenters. The van der Waals surface area contributed by atoms with Gasteiger partial charge in [-0.3, -0.25) is 0 Å². The molecule has 0 aromatic carbocycles. The molecule has 0 amide bonds. The molecule has 2 heteroatoms. The Morgan fingerprint density at radius 3 is 2.20 bits per heavy atom. The maximum Gasteiger partial charge on any atom is 0.101 e. The molecule has 0 saturated heterocycles. The maximum atomic E-state index is 10.8. The molecule has 0 bridgehead atoms. The van der Waals surface area contributed by atoms with Crippen molar-refractivity contribution >= 4 is 11.6 Å². The van der Waals surface area contributed by atoms with E-state index >= 15 is 0 Å². The summed E-state index contributed by atoms with van der Waals surface area (Å²) in [4.78, 5) is 0. The first-order chi connectivity index (χ1) is 2.27. The molecule has 0 unspecified atom stereocenters. The first-order valence-corrected chi connectivity index (χ1v) is 1.57. The lowest BCUT2D eigenvalue weighted by molar-refractivity contribution is 0.716. The van der Waals surface area contributed by atoms with E-state index in [4.69, 9.17) is 11.6 Å². The number of hydrogen-bond donors (Lipinski definition) is 0. The zero-order chi connectivity index (χ0) is 4.28. The molecule has 0 radical (unpaired) electrons. The highest BCUT2D eigenvalue weighted by Gasteiger charge is 1.68. The molecule has 0 aromatic rings. The maximum absolute atomic E-state index is 10.8. The summed E-state index contributed by atoms with van der Waals surface area (Å²) in [7, 11) is 0. The van der Waals surface area contributed by atoms with E-state index in [2.05, 4.69) is 0 Å². The van der Waals surface area contributed by atoms with Crippen LogP contribution in [-0.2, 0) is 0 Å². The van der Waals surface area contributed by atoms with Crippen molar-refractivity contribution in [2.75, 3.05) is 0 Å². The van der Waals surface area contributed by atoms with Gasteiger partial charge in [-0.2, -0.15) is 0 Å². The van der Waals surface area contributed by atoms with Crippen LogP contribution in [0, 0.1) is 0 Å². The van der Waals surface area contributed by atoms with Crippen LogP contribution in [0.25, 0.3) is 0 Å². The fraction of sp³-hybridized carbons (Fsp3) is 0.333.